The summed E-state index contributed by atoms with van der Waals surface area (Å²) in [6.45, 7) is 5.00. The van der Waals surface area contributed by atoms with Crippen molar-refractivity contribution in [2.75, 3.05) is 11.9 Å². The first-order chi connectivity index (χ1) is 8.92. The number of aromatic nitrogens is 1. The predicted molar refractivity (Wildman–Crippen MR) is 71.6 cm³/mol. The Morgan fingerprint density at radius 1 is 1.35 bits per heavy atom. The first-order valence-corrected chi connectivity index (χ1v) is 6.40. The highest BCUT2D eigenvalue weighted by molar-refractivity contribution is 9.10. The summed E-state index contributed by atoms with van der Waals surface area (Å²) >= 11 is 3.07. The molecule has 1 rings (SSSR count). The molecule has 0 radical (unpaired) electrons. The van der Waals surface area contributed by atoms with Crippen molar-refractivity contribution < 1.29 is 22.7 Å². The quantitative estimate of drug-likeness (QED) is 0.757. The van der Waals surface area contributed by atoms with Crippen LogP contribution in [0.2, 0.25) is 0 Å². The second-order valence-electron chi connectivity index (χ2n) is 5.06. The maximum Gasteiger partial charge on any atom is 0.433 e. The Hall–Kier alpha value is -1.31. The molecule has 1 amide bonds. The lowest BCUT2D eigenvalue weighted by atomic mass is 10.2. The minimum absolute atomic E-state index is 0.0292. The number of hydrogen-bond acceptors (Lipinski definition) is 3. The van der Waals surface area contributed by atoms with E-state index < -0.39 is 23.6 Å². The van der Waals surface area contributed by atoms with Crippen LogP contribution in [0.4, 0.5) is 23.7 Å². The molecular weight excluding hydrogens is 341 g/mol. The monoisotopic (exact) mass is 354 g/mol. The number of halogens is 4. The fourth-order valence-electron chi connectivity index (χ4n) is 1.27. The van der Waals surface area contributed by atoms with Crippen LogP contribution < -0.4 is 4.90 Å². The van der Waals surface area contributed by atoms with Crippen LogP contribution in [0.3, 0.4) is 0 Å². The summed E-state index contributed by atoms with van der Waals surface area (Å²) < 4.78 is 43.2. The molecule has 4 nitrogen and oxygen atoms in total. The van der Waals surface area contributed by atoms with Gasteiger partial charge in [-0.1, -0.05) is 0 Å². The molecule has 20 heavy (non-hydrogen) atoms. The molecule has 0 saturated carbocycles. The smallest absolute Gasteiger partial charge is 0.433 e. The molecule has 0 saturated heterocycles. The topological polar surface area (TPSA) is 42.4 Å². The number of ether oxygens (including phenoxy) is 1. The van der Waals surface area contributed by atoms with E-state index in [1.54, 1.807) is 20.8 Å². The minimum Gasteiger partial charge on any atom is -0.443 e. The van der Waals surface area contributed by atoms with Crippen LogP contribution in [0.25, 0.3) is 0 Å². The van der Waals surface area contributed by atoms with Crippen LogP contribution >= 0.6 is 15.9 Å². The third-order valence-electron chi connectivity index (χ3n) is 2.15. The average Bonchev–Trinajstić information content (AvgIpc) is 2.24. The van der Waals surface area contributed by atoms with Crippen molar-refractivity contribution in [2.24, 2.45) is 0 Å². The van der Waals surface area contributed by atoms with Crippen LogP contribution in [-0.4, -0.2) is 23.7 Å². The first-order valence-electron chi connectivity index (χ1n) is 5.61. The van der Waals surface area contributed by atoms with Crippen molar-refractivity contribution >= 4 is 27.7 Å². The van der Waals surface area contributed by atoms with Gasteiger partial charge in [-0.3, -0.25) is 9.88 Å². The molecule has 112 valence electrons. The fraction of sp³-hybridized carbons (Fsp3) is 0.500. The molecule has 1 aromatic rings. The molecule has 0 aliphatic rings. The maximum atomic E-state index is 12.6. The first kappa shape index (κ1) is 16.7. The molecular formula is C12H14BrF3N2O2. The largest absolute Gasteiger partial charge is 0.443 e. The third-order valence-corrected chi connectivity index (χ3v) is 2.77. The van der Waals surface area contributed by atoms with Crippen molar-refractivity contribution in [3.8, 4) is 0 Å². The summed E-state index contributed by atoms with van der Waals surface area (Å²) in [6.07, 6.45) is -4.33. The van der Waals surface area contributed by atoms with Crippen molar-refractivity contribution in [3.05, 3.63) is 22.4 Å². The zero-order valence-electron chi connectivity index (χ0n) is 11.4. The van der Waals surface area contributed by atoms with Crippen LogP contribution in [0.15, 0.2) is 16.7 Å². The number of hydrogen-bond donors (Lipinski definition) is 0. The molecule has 1 aromatic heterocycles. The Morgan fingerprint density at radius 2 is 1.90 bits per heavy atom. The number of rotatable bonds is 1. The van der Waals surface area contributed by atoms with Crippen LogP contribution in [-0.2, 0) is 10.9 Å². The Kier molecular flexibility index (Phi) is 4.68. The molecule has 8 heteroatoms. The molecule has 1 heterocycles. The number of nitrogens with zero attached hydrogens (tertiary/aromatic N) is 2. The molecule has 0 aliphatic heterocycles. The Balaban J connectivity index is 3.09. The Morgan fingerprint density at radius 3 is 2.35 bits per heavy atom. The van der Waals surface area contributed by atoms with Crippen LogP contribution in [0.5, 0.6) is 0 Å². The van der Waals surface area contributed by atoms with E-state index in [2.05, 4.69) is 20.9 Å². The number of carbonyl (C=O) groups is 1. The fourth-order valence-corrected chi connectivity index (χ4v) is 1.75. The number of carbonyl (C=O) groups excluding carboxylic acids is 1. The number of pyridine rings is 1. The molecule has 0 spiro atoms. The van der Waals surface area contributed by atoms with Gasteiger partial charge >= 0.3 is 12.3 Å². The van der Waals surface area contributed by atoms with E-state index in [1.165, 1.54) is 7.05 Å². The van der Waals surface area contributed by atoms with Crippen molar-refractivity contribution in [3.63, 3.8) is 0 Å². The summed E-state index contributed by atoms with van der Waals surface area (Å²) in [5.41, 5.74) is -1.79. The van der Waals surface area contributed by atoms with Gasteiger partial charge in [-0.25, -0.2) is 4.79 Å². The van der Waals surface area contributed by atoms with Gasteiger partial charge in [-0.15, -0.1) is 0 Å². The highest BCUT2D eigenvalue weighted by Gasteiger charge is 2.34. The molecule has 0 atom stereocenters. The van der Waals surface area contributed by atoms with Gasteiger partial charge < -0.3 is 4.74 Å². The molecule has 0 N–H and O–H groups in total. The van der Waals surface area contributed by atoms with Gasteiger partial charge in [0.05, 0.1) is 10.2 Å². The number of amides is 1. The van der Waals surface area contributed by atoms with Gasteiger partial charge in [0.15, 0.2) is 0 Å². The number of alkyl halides is 3. The summed E-state index contributed by atoms with van der Waals surface area (Å²) in [5.74, 6) is 0. The van der Waals surface area contributed by atoms with E-state index in [-0.39, 0.29) is 10.2 Å². The summed E-state index contributed by atoms with van der Waals surface area (Å²) in [5, 5.41) is 0. The van der Waals surface area contributed by atoms with E-state index in [0.717, 1.165) is 17.2 Å². The zero-order valence-corrected chi connectivity index (χ0v) is 13.0. The van der Waals surface area contributed by atoms with Crippen molar-refractivity contribution in [2.45, 2.75) is 32.5 Å². The minimum atomic E-state index is -4.58. The predicted octanol–water partition coefficient (Wildman–Crippen LogP) is 4.23. The standard InChI is InChI=1S/C12H14BrF3N2O2/c1-11(2,3)20-10(19)18(4)8-5-9(12(14,15)16)17-6-7(8)13/h5-6H,1-4H3. The summed E-state index contributed by atoms with van der Waals surface area (Å²) in [7, 11) is 1.33. The van der Waals surface area contributed by atoms with Gasteiger partial charge in [0.2, 0.25) is 0 Å². The van der Waals surface area contributed by atoms with Gasteiger partial charge in [0.25, 0.3) is 0 Å². The Labute approximate surface area is 123 Å². The lowest BCUT2D eigenvalue weighted by Gasteiger charge is -2.25. The zero-order chi connectivity index (χ0) is 15.7. The van der Waals surface area contributed by atoms with E-state index in [1.807, 2.05) is 0 Å². The number of anilines is 1. The second kappa shape index (κ2) is 5.59. The molecule has 0 bridgehead atoms. The Bertz CT molecular complexity index is 512. The molecule has 0 aromatic carbocycles. The summed E-state index contributed by atoms with van der Waals surface area (Å²) in [6, 6.07) is 0.786. The SMILES string of the molecule is CN(C(=O)OC(C)(C)C)c1cc(C(F)(F)F)ncc1Br. The second-order valence-corrected chi connectivity index (χ2v) is 5.91. The van der Waals surface area contributed by atoms with Crippen LogP contribution in [0.1, 0.15) is 26.5 Å². The average molecular weight is 355 g/mol. The van der Waals surface area contributed by atoms with Gasteiger partial charge in [-0.05, 0) is 42.8 Å². The van der Waals surface area contributed by atoms with Gasteiger partial charge in [0, 0.05) is 13.2 Å². The van der Waals surface area contributed by atoms with E-state index >= 15 is 0 Å². The lowest BCUT2D eigenvalue weighted by molar-refractivity contribution is -0.141. The molecule has 0 aliphatic carbocycles. The van der Waals surface area contributed by atoms with Gasteiger partial charge in [-0.2, -0.15) is 13.2 Å². The van der Waals surface area contributed by atoms with Crippen molar-refractivity contribution in [1.29, 1.82) is 0 Å². The third kappa shape index (κ3) is 4.36. The van der Waals surface area contributed by atoms with Crippen molar-refractivity contribution in [1.82, 2.24) is 4.98 Å². The van der Waals surface area contributed by atoms with E-state index in [9.17, 15) is 18.0 Å². The van der Waals surface area contributed by atoms with Crippen LogP contribution in [0, 0.1) is 0 Å². The summed E-state index contributed by atoms with van der Waals surface area (Å²) in [4.78, 5) is 16.1. The molecule has 0 unspecified atom stereocenters. The highest BCUT2D eigenvalue weighted by Crippen LogP contribution is 2.33. The molecule has 0 fully saturated rings. The van der Waals surface area contributed by atoms with E-state index in [0.29, 0.717) is 0 Å². The normalized spacial score (nSPS) is 12.2. The highest BCUT2D eigenvalue weighted by atomic mass is 79.9. The van der Waals surface area contributed by atoms with Gasteiger partial charge in [0.1, 0.15) is 11.3 Å². The van der Waals surface area contributed by atoms with E-state index in [4.69, 9.17) is 4.74 Å². The lowest BCUT2D eigenvalue weighted by Crippen LogP contribution is -2.34. The maximum absolute atomic E-state index is 12.6.